The van der Waals surface area contributed by atoms with E-state index < -0.39 is 16.7 Å². The average molecular weight is 339 g/mol. The molecule has 0 radical (unpaired) electrons. The Bertz CT molecular complexity index is 579. The molecule has 3 atom stereocenters. The number of likely N-dealkylation sites (tertiary alicyclic amines) is 1. The average Bonchev–Trinajstić information content (AvgIpc) is 2.45. The summed E-state index contributed by atoms with van der Waals surface area (Å²) in [6.45, 7) is 8.37. The first-order chi connectivity index (χ1) is 10.7. The van der Waals surface area contributed by atoms with E-state index in [0.29, 0.717) is 17.4 Å². The highest BCUT2D eigenvalue weighted by Gasteiger charge is 2.33. The van der Waals surface area contributed by atoms with Gasteiger partial charge in [0.25, 0.3) is 0 Å². The molecule has 1 N–H and O–H groups in total. The van der Waals surface area contributed by atoms with Crippen LogP contribution in [0.5, 0.6) is 0 Å². The zero-order valence-electron chi connectivity index (χ0n) is 14.1. The van der Waals surface area contributed by atoms with Gasteiger partial charge in [-0.05, 0) is 57.2 Å². The first-order valence-electron chi connectivity index (χ1n) is 7.88. The zero-order valence-corrected chi connectivity index (χ0v) is 14.9. The van der Waals surface area contributed by atoms with Crippen molar-refractivity contribution in [3.63, 3.8) is 0 Å². The van der Waals surface area contributed by atoms with Crippen LogP contribution in [0.3, 0.4) is 0 Å². The first-order valence-corrected chi connectivity index (χ1v) is 8.98. The summed E-state index contributed by atoms with van der Waals surface area (Å²) in [5.74, 6) is 0.433. The molecule has 0 aliphatic carbocycles. The number of rotatable bonds is 2. The Kier molecular flexibility index (Phi) is 5.47. The Labute approximate surface area is 140 Å². The van der Waals surface area contributed by atoms with Crippen LogP contribution in [0.25, 0.3) is 0 Å². The van der Waals surface area contributed by atoms with E-state index in [1.54, 1.807) is 17.0 Å². The number of nitrogens with zero attached hydrogens (tertiary/aromatic N) is 1. The van der Waals surface area contributed by atoms with Crippen LogP contribution in [-0.4, -0.2) is 31.9 Å². The summed E-state index contributed by atoms with van der Waals surface area (Å²) in [5.41, 5.74) is 0.442. The molecule has 1 amide bonds. The van der Waals surface area contributed by atoms with Gasteiger partial charge in [-0.1, -0.05) is 19.1 Å². The van der Waals surface area contributed by atoms with Gasteiger partial charge >= 0.3 is 6.09 Å². The molecule has 23 heavy (non-hydrogen) atoms. The zero-order chi connectivity index (χ0) is 17.2. The number of ether oxygens (including phenoxy) is 1. The quantitative estimate of drug-likeness (QED) is 0.828. The lowest BCUT2D eigenvalue weighted by Gasteiger charge is -2.39. The second-order valence-corrected chi connectivity index (χ2v) is 8.12. The number of carbonyl (C=O) groups excluding carboxylic acids is 1. The summed E-state index contributed by atoms with van der Waals surface area (Å²) in [7, 11) is 0. The number of amides is 1. The molecule has 1 aliphatic heterocycles. The van der Waals surface area contributed by atoms with Gasteiger partial charge in [0.1, 0.15) is 5.60 Å². The van der Waals surface area contributed by atoms with Crippen LogP contribution in [0.2, 0.25) is 0 Å². The van der Waals surface area contributed by atoms with Gasteiger partial charge in [-0.3, -0.25) is 0 Å². The normalized spacial score (nSPS) is 23.4. The molecule has 128 valence electrons. The van der Waals surface area contributed by atoms with Crippen molar-refractivity contribution in [1.82, 2.24) is 4.90 Å². The minimum absolute atomic E-state index is 0.0535. The first kappa shape index (κ1) is 17.9. The van der Waals surface area contributed by atoms with Crippen LogP contribution in [0.15, 0.2) is 29.2 Å². The summed E-state index contributed by atoms with van der Waals surface area (Å²) < 4.78 is 25.7. The lowest BCUT2D eigenvalue weighted by atomic mass is 9.90. The van der Waals surface area contributed by atoms with Gasteiger partial charge < -0.3 is 14.2 Å². The Balaban J connectivity index is 2.22. The van der Waals surface area contributed by atoms with Crippen LogP contribution >= 0.6 is 0 Å². The van der Waals surface area contributed by atoms with E-state index in [0.717, 1.165) is 18.4 Å². The summed E-state index contributed by atoms with van der Waals surface area (Å²) >= 11 is -1.98. The molecule has 3 unspecified atom stereocenters. The maximum Gasteiger partial charge on any atom is 0.410 e. The third kappa shape index (κ3) is 4.78. The molecule has 0 aromatic heterocycles. The minimum Gasteiger partial charge on any atom is -0.444 e. The molecule has 5 nitrogen and oxygen atoms in total. The molecule has 0 spiro atoms. The Morgan fingerprint density at radius 1 is 1.26 bits per heavy atom. The van der Waals surface area contributed by atoms with Crippen molar-refractivity contribution in [3.05, 3.63) is 29.8 Å². The van der Waals surface area contributed by atoms with Crippen LogP contribution in [0.4, 0.5) is 4.79 Å². The largest absolute Gasteiger partial charge is 0.444 e. The predicted octanol–water partition coefficient (Wildman–Crippen LogP) is 3.98. The maximum atomic E-state index is 12.5. The third-order valence-electron chi connectivity index (χ3n) is 3.91. The van der Waals surface area contributed by atoms with Crippen LogP contribution in [0, 0.1) is 5.92 Å². The minimum atomic E-state index is -1.98. The molecule has 0 saturated carbocycles. The molecule has 1 saturated heterocycles. The number of hydrogen-bond acceptors (Lipinski definition) is 3. The summed E-state index contributed by atoms with van der Waals surface area (Å²) in [5, 5.41) is 0. The number of hydrogen-bond donors (Lipinski definition) is 1. The van der Waals surface area contributed by atoms with Gasteiger partial charge in [-0.2, -0.15) is 0 Å². The van der Waals surface area contributed by atoms with Gasteiger partial charge in [-0.25, -0.2) is 9.00 Å². The van der Waals surface area contributed by atoms with E-state index in [4.69, 9.17) is 9.29 Å². The lowest BCUT2D eigenvalue weighted by Crippen LogP contribution is -2.44. The SMILES string of the molecule is CC1CCC(c2ccc(S(=O)O)cc2)N(C(=O)OC(C)(C)C)C1. The smallest absolute Gasteiger partial charge is 0.410 e. The molecule has 1 aromatic carbocycles. The van der Waals surface area contributed by atoms with Crippen molar-refractivity contribution in [2.24, 2.45) is 5.92 Å². The monoisotopic (exact) mass is 339 g/mol. The molecule has 2 rings (SSSR count). The molecular weight excluding hydrogens is 314 g/mol. The van der Waals surface area contributed by atoms with Crippen LogP contribution in [0.1, 0.15) is 52.1 Å². The Morgan fingerprint density at radius 2 is 1.87 bits per heavy atom. The Morgan fingerprint density at radius 3 is 2.39 bits per heavy atom. The molecule has 1 heterocycles. The number of benzene rings is 1. The molecule has 1 aromatic rings. The van der Waals surface area contributed by atoms with E-state index in [1.807, 2.05) is 32.9 Å². The van der Waals surface area contributed by atoms with E-state index >= 15 is 0 Å². The Hall–Kier alpha value is -1.40. The van der Waals surface area contributed by atoms with Crippen LogP contribution < -0.4 is 0 Å². The molecular formula is C17H25NO4S. The molecule has 1 fully saturated rings. The van der Waals surface area contributed by atoms with E-state index in [9.17, 15) is 9.00 Å². The van der Waals surface area contributed by atoms with E-state index in [1.165, 1.54) is 0 Å². The topological polar surface area (TPSA) is 66.8 Å². The maximum absolute atomic E-state index is 12.5. The van der Waals surface area contributed by atoms with Crippen molar-refractivity contribution < 1.29 is 18.3 Å². The highest BCUT2D eigenvalue weighted by Crippen LogP contribution is 2.34. The molecule has 1 aliphatic rings. The van der Waals surface area contributed by atoms with Gasteiger partial charge in [-0.15, -0.1) is 0 Å². The lowest BCUT2D eigenvalue weighted by molar-refractivity contribution is 0.00363. The second-order valence-electron chi connectivity index (χ2n) is 7.15. The highest BCUT2D eigenvalue weighted by molar-refractivity contribution is 7.79. The summed E-state index contributed by atoms with van der Waals surface area (Å²) in [6.07, 6.45) is 1.60. The second kappa shape index (κ2) is 7.01. The van der Waals surface area contributed by atoms with Gasteiger partial charge in [0.2, 0.25) is 0 Å². The van der Waals surface area contributed by atoms with Crippen molar-refractivity contribution in [1.29, 1.82) is 0 Å². The summed E-state index contributed by atoms with van der Waals surface area (Å²) in [4.78, 5) is 14.7. The van der Waals surface area contributed by atoms with E-state index in [-0.39, 0.29) is 12.1 Å². The number of carbonyl (C=O) groups is 1. The van der Waals surface area contributed by atoms with Gasteiger partial charge in [0.05, 0.1) is 10.9 Å². The summed E-state index contributed by atoms with van der Waals surface area (Å²) in [6, 6.07) is 6.86. The fourth-order valence-electron chi connectivity index (χ4n) is 2.83. The standard InChI is InChI=1S/C17H25NO4S/c1-12-5-10-15(13-6-8-14(9-7-13)23(20)21)18(11-12)16(19)22-17(2,3)4/h6-9,12,15H,5,10-11H2,1-4H3,(H,20,21). The number of piperidine rings is 1. The van der Waals surface area contributed by atoms with Crippen molar-refractivity contribution in [2.45, 2.75) is 57.1 Å². The van der Waals surface area contributed by atoms with Gasteiger partial charge in [0.15, 0.2) is 11.1 Å². The van der Waals surface area contributed by atoms with E-state index in [2.05, 4.69) is 6.92 Å². The van der Waals surface area contributed by atoms with Crippen molar-refractivity contribution in [3.8, 4) is 0 Å². The fourth-order valence-corrected chi connectivity index (χ4v) is 3.20. The van der Waals surface area contributed by atoms with Crippen molar-refractivity contribution >= 4 is 17.2 Å². The van der Waals surface area contributed by atoms with Crippen LogP contribution in [-0.2, 0) is 15.8 Å². The fraction of sp³-hybridized carbons (Fsp3) is 0.588. The predicted molar refractivity (Wildman–Crippen MR) is 89.6 cm³/mol. The molecule has 0 bridgehead atoms. The highest BCUT2D eigenvalue weighted by atomic mass is 32.2. The van der Waals surface area contributed by atoms with Gasteiger partial charge in [0, 0.05) is 6.54 Å². The third-order valence-corrected chi connectivity index (χ3v) is 4.59. The molecule has 6 heteroatoms. The van der Waals surface area contributed by atoms with Crippen molar-refractivity contribution in [2.75, 3.05) is 6.54 Å².